The minimum atomic E-state index is -1.75. The van der Waals surface area contributed by atoms with Crippen molar-refractivity contribution < 1.29 is 59.6 Å². The van der Waals surface area contributed by atoms with Crippen molar-refractivity contribution in [3.8, 4) is 0 Å². The van der Waals surface area contributed by atoms with Crippen LogP contribution in [0.1, 0.15) is 25.7 Å². The Morgan fingerprint density at radius 3 is 1.25 bits per heavy atom. The first kappa shape index (κ1) is 36.0. The molecule has 0 bridgehead atoms. The van der Waals surface area contributed by atoms with E-state index in [1.54, 1.807) is 0 Å². The summed E-state index contributed by atoms with van der Waals surface area (Å²) in [6.07, 6.45) is 4.79. The summed E-state index contributed by atoms with van der Waals surface area (Å²) in [5.41, 5.74) is 10.6. The molecule has 0 amide bonds. The summed E-state index contributed by atoms with van der Waals surface area (Å²) in [4.78, 5) is 8.25. The van der Waals surface area contributed by atoms with E-state index < -0.39 is 5.09 Å². The molecule has 0 rings (SSSR count). The van der Waals surface area contributed by atoms with Gasteiger partial charge >= 0.3 is 21.1 Å². The first-order valence-electron chi connectivity index (χ1n) is 3.86. The van der Waals surface area contributed by atoms with Crippen molar-refractivity contribution in [1.29, 1.82) is 0 Å². The first-order chi connectivity index (χ1) is 5.65. The number of rotatable bonds is 5. The van der Waals surface area contributed by atoms with E-state index in [-0.39, 0.29) is 60.7 Å². The molecule has 7 N–H and O–H groups in total. The summed E-state index contributed by atoms with van der Waals surface area (Å²) in [7, 11) is 0. The van der Waals surface area contributed by atoms with Crippen LogP contribution in [0.25, 0.3) is 0 Å². The van der Waals surface area contributed by atoms with Crippen LogP contribution in [-0.2, 0) is 42.1 Å². The van der Waals surface area contributed by atoms with Gasteiger partial charge in [0.05, 0.1) is 5.09 Å². The van der Waals surface area contributed by atoms with Crippen molar-refractivity contribution >= 4 is 0 Å². The molecular weight excluding hydrogens is 602 g/mol. The molecule has 0 saturated heterocycles. The second kappa shape index (κ2) is 36.0. The Hall–Kier alpha value is 0.747. The third kappa shape index (κ3) is 84.4. The number of unbranched alkanes of at least 4 members (excludes halogenated alkanes) is 3. The molecule has 16 heavy (non-hydrogen) atoms. The number of nitrogens with two attached hydrogens (primary N) is 2. The van der Waals surface area contributed by atoms with Gasteiger partial charge in [-0.3, -0.25) is 0 Å². The predicted molar refractivity (Wildman–Crippen MR) is 52.0 cm³/mol. The van der Waals surface area contributed by atoms with Gasteiger partial charge in [0.15, 0.2) is 0 Å². The zero-order valence-corrected chi connectivity index (χ0v) is 14.1. The maximum absolute atomic E-state index is 8.25. The van der Waals surface area contributed by atoms with E-state index in [1.807, 2.05) is 0 Å². The quantitative estimate of drug-likeness (QED) is 0.174. The maximum atomic E-state index is 8.25. The Morgan fingerprint density at radius 1 is 0.938 bits per heavy atom. The molecule has 0 aromatic carbocycles. The normalized spacial score (nSPS) is 6.38. The van der Waals surface area contributed by atoms with Crippen LogP contribution in [0.4, 0.5) is 0 Å². The fourth-order valence-corrected chi connectivity index (χ4v) is 0.642. The van der Waals surface area contributed by atoms with Crippen molar-refractivity contribution in [3.05, 3.63) is 15.3 Å². The minimum absolute atomic E-state index is 0. The molecule has 0 aliphatic carbocycles. The van der Waals surface area contributed by atoms with Gasteiger partial charge in [-0.05, 0) is 25.9 Å². The predicted octanol–water partition coefficient (Wildman–Crippen LogP) is -2.61. The van der Waals surface area contributed by atoms with Crippen LogP contribution in [0.15, 0.2) is 0 Å². The van der Waals surface area contributed by atoms with Gasteiger partial charge in [-0.2, -0.15) is 0 Å². The fraction of sp³-hybridized carbons (Fsp3) is 1.00. The molecule has 0 saturated carbocycles. The fourth-order valence-electron chi connectivity index (χ4n) is 0.642. The van der Waals surface area contributed by atoms with Crippen LogP contribution in [0.5, 0.6) is 0 Å². The molecule has 0 radical (unpaired) electrons. The maximum Gasteiger partial charge on any atom is 2.00 e. The Morgan fingerprint density at radius 2 is 1.12 bits per heavy atom. The largest absolute Gasteiger partial charge is 2.00 e. The van der Waals surface area contributed by atoms with Gasteiger partial charge in [0.2, 0.25) is 0 Å². The molecule has 108 valence electrons. The summed E-state index contributed by atoms with van der Waals surface area (Å²) in [5.74, 6) is 0. The van der Waals surface area contributed by atoms with E-state index in [0.29, 0.717) is 0 Å². The van der Waals surface area contributed by atoms with E-state index in [1.165, 1.54) is 12.8 Å². The smallest absolute Gasteiger partial charge is 1.00 e. The summed E-state index contributed by atoms with van der Waals surface area (Å²) >= 11 is 0. The molecule has 0 aliphatic rings. The molecule has 7 nitrogen and oxygen atoms in total. The zero-order chi connectivity index (χ0) is 9.82. The molecule has 0 aromatic heterocycles. The van der Waals surface area contributed by atoms with E-state index >= 15 is 0 Å². The Bertz CT molecular complexity index is 106. The number of hydrogen-bond acceptors (Lipinski definition) is 6. The number of nitrogens with zero attached hydrogens (tertiary/aromatic N) is 1. The minimum Gasteiger partial charge on any atom is -1.00 e. The van der Waals surface area contributed by atoms with E-state index in [2.05, 4.69) is 0 Å². The summed E-state index contributed by atoms with van der Waals surface area (Å²) in [6.45, 7) is 1.65. The van der Waals surface area contributed by atoms with Gasteiger partial charge in [-0.15, -0.1) is 0 Å². The molecule has 0 spiro atoms. The van der Waals surface area contributed by atoms with Crippen molar-refractivity contribution in [1.82, 2.24) is 6.15 Å². The average Bonchev–Trinajstić information content (AvgIpc) is 1.97. The van der Waals surface area contributed by atoms with Crippen LogP contribution in [-0.4, -0.2) is 18.2 Å². The van der Waals surface area contributed by atoms with Crippen molar-refractivity contribution in [2.45, 2.75) is 25.7 Å². The van der Waals surface area contributed by atoms with Gasteiger partial charge in [0.25, 0.3) is 0 Å². The van der Waals surface area contributed by atoms with Crippen LogP contribution >= 0.6 is 0 Å². The topological polar surface area (TPSA) is 153 Å². The third-order valence-electron chi connectivity index (χ3n) is 1.16. The summed E-state index contributed by atoms with van der Waals surface area (Å²) in [6, 6.07) is 0. The second-order valence-corrected chi connectivity index (χ2v) is 2.22. The van der Waals surface area contributed by atoms with Crippen molar-refractivity contribution in [3.63, 3.8) is 0 Å². The third-order valence-corrected chi connectivity index (χ3v) is 1.16. The van der Waals surface area contributed by atoms with Crippen LogP contribution < -0.4 is 30.0 Å². The molecular formula is C6H19ClN4O3Pt2. The Balaban J connectivity index is -0.0000000281. The van der Waals surface area contributed by atoms with Gasteiger partial charge in [-0.1, -0.05) is 12.8 Å². The molecule has 10 heteroatoms. The Labute approximate surface area is 131 Å². The molecule has 0 atom stereocenters. The van der Waals surface area contributed by atoms with Crippen LogP contribution in [0.3, 0.4) is 0 Å². The molecule has 0 heterocycles. The second-order valence-electron chi connectivity index (χ2n) is 2.22. The van der Waals surface area contributed by atoms with Crippen LogP contribution in [0, 0.1) is 15.3 Å². The van der Waals surface area contributed by atoms with Gasteiger partial charge < -0.3 is 45.3 Å². The summed E-state index contributed by atoms with van der Waals surface area (Å²) < 4.78 is 0. The zero-order valence-electron chi connectivity index (χ0n) is 8.79. The van der Waals surface area contributed by atoms with E-state index in [4.69, 9.17) is 26.8 Å². The summed E-state index contributed by atoms with van der Waals surface area (Å²) in [5, 5.41) is 14.8. The van der Waals surface area contributed by atoms with Crippen molar-refractivity contribution in [2.75, 3.05) is 13.1 Å². The number of hydrogen-bond donors (Lipinski definition) is 3. The SMILES string of the molecule is N.NCCCCCCN.O=[N+]([O-])[O-].[Cl-].[Pt+2].[Pt]. The monoisotopic (exact) mass is 620 g/mol. The molecule has 0 aliphatic heterocycles. The molecule has 0 unspecified atom stereocenters. The van der Waals surface area contributed by atoms with E-state index in [0.717, 1.165) is 25.9 Å². The first-order valence-corrected chi connectivity index (χ1v) is 3.86. The van der Waals surface area contributed by atoms with E-state index in [9.17, 15) is 0 Å². The van der Waals surface area contributed by atoms with Crippen molar-refractivity contribution in [2.24, 2.45) is 11.5 Å². The Kier molecular flexibility index (Phi) is 81.0. The van der Waals surface area contributed by atoms with Gasteiger partial charge in [0, 0.05) is 21.1 Å². The van der Waals surface area contributed by atoms with Gasteiger partial charge in [0.1, 0.15) is 0 Å². The molecule has 0 fully saturated rings. The average molecular weight is 621 g/mol. The van der Waals surface area contributed by atoms with Crippen LogP contribution in [0.2, 0.25) is 0 Å². The van der Waals surface area contributed by atoms with Gasteiger partial charge in [-0.25, -0.2) is 0 Å². The standard InChI is InChI=1S/C6H16N2.ClH.NO3.H3N.2Pt/c7-5-3-1-2-4-6-8;;2-1(3)4;;;/h1-8H2;1H;;1H3;;/q;;-1;;;+2/p-1. The molecule has 0 aromatic rings. The number of halogens is 1.